The zero-order valence-electron chi connectivity index (χ0n) is 14.2. The number of anilines is 2. The van der Waals surface area contributed by atoms with Gasteiger partial charge in [0, 0.05) is 5.69 Å². The van der Waals surface area contributed by atoms with E-state index in [1.54, 1.807) is 0 Å². The van der Waals surface area contributed by atoms with Crippen LogP contribution in [-0.4, -0.2) is 12.1 Å². The normalized spacial score (nSPS) is 23.1. The molecule has 2 aliphatic heterocycles. The Labute approximate surface area is 151 Å². The molecule has 0 spiro atoms. The Bertz CT molecular complexity index is 1030. The first-order chi connectivity index (χ1) is 12.6. The number of rotatable bonds is 1. The van der Waals surface area contributed by atoms with Crippen LogP contribution < -0.4 is 10.2 Å². The van der Waals surface area contributed by atoms with Crippen LogP contribution in [0.5, 0.6) is 0 Å². The van der Waals surface area contributed by atoms with Gasteiger partial charge in [0.25, 0.3) is 5.91 Å². The van der Waals surface area contributed by atoms with Gasteiger partial charge in [-0.05, 0) is 48.4 Å². The van der Waals surface area contributed by atoms with Gasteiger partial charge < -0.3 is 5.32 Å². The maximum absolute atomic E-state index is 13.5. The summed E-state index contributed by atoms with van der Waals surface area (Å²) >= 11 is 0. The highest BCUT2D eigenvalue weighted by molar-refractivity contribution is 6.14. The molecule has 1 N–H and O–H groups in total. The van der Waals surface area contributed by atoms with Crippen molar-refractivity contribution in [2.45, 2.75) is 18.5 Å². The zero-order chi connectivity index (χ0) is 17.9. The number of nitrogens with zero attached hydrogens (tertiary/aromatic N) is 1. The predicted molar refractivity (Wildman–Crippen MR) is 100.0 cm³/mol. The molecule has 128 valence electrons. The molecule has 3 nitrogen and oxygen atoms in total. The van der Waals surface area contributed by atoms with Gasteiger partial charge in [-0.25, -0.2) is 4.39 Å². The molecule has 2 aliphatic rings. The molecule has 4 heteroatoms. The fourth-order valence-electron chi connectivity index (χ4n) is 4.29. The lowest BCUT2D eigenvalue weighted by molar-refractivity contribution is 0.0972. The first kappa shape index (κ1) is 15.1. The van der Waals surface area contributed by atoms with Gasteiger partial charge in [-0.3, -0.25) is 9.69 Å². The number of halogens is 1. The van der Waals surface area contributed by atoms with E-state index in [1.807, 2.05) is 59.5 Å². The highest BCUT2D eigenvalue weighted by Gasteiger charge is 2.53. The van der Waals surface area contributed by atoms with Crippen molar-refractivity contribution in [2.24, 2.45) is 0 Å². The van der Waals surface area contributed by atoms with E-state index in [4.69, 9.17) is 0 Å². The lowest BCUT2D eigenvalue weighted by atomic mass is 9.75. The Balaban J connectivity index is 1.76. The van der Waals surface area contributed by atoms with Crippen molar-refractivity contribution in [1.82, 2.24) is 0 Å². The standard InChI is InChI=1S/C22H17FN2O/c1-22(14-10-12-15(23)13-11-14)17-7-3-5-9-19(17)25-20(26)16-6-2-4-8-18(16)24-21(22)25/h2-13,21,24H,1H3. The molecule has 0 aromatic heterocycles. The summed E-state index contributed by atoms with van der Waals surface area (Å²) in [5, 5.41) is 3.55. The van der Waals surface area contributed by atoms with Crippen LogP contribution in [0.3, 0.4) is 0 Å². The Morgan fingerprint density at radius 3 is 2.46 bits per heavy atom. The number of hydrogen-bond donors (Lipinski definition) is 1. The van der Waals surface area contributed by atoms with Crippen molar-refractivity contribution in [1.29, 1.82) is 0 Å². The van der Waals surface area contributed by atoms with Crippen LogP contribution in [0, 0.1) is 5.82 Å². The maximum atomic E-state index is 13.5. The molecule has 3 aromatic carbocycles. The van der Waals surface area contributed by atoms with Gasteiger partial charge >= 0.3 is 0 Å². The minimum Gasteiger partial charge on any atom is -0.363 e. The van der Waals surface area contributed by atoms with Crippen LogP contribution in [0.1, 0.15) is 28.4 Å². The topological polar surface area (TPSA) is 32.3 Å². The van der Waals surface area contributed by atoms with Gasteiger partial charge in [0.2, 0.25) is 0 Å². The summed E-state index contributed by atoms with van der Waals surface area (Å²) in [5.74, 6) is -0.277. The minimum absolute atomic E-state index is 0.0114. The van der Waals surface area contributed by atoms with Gasteiger partial charge in [0.1, 0.15) is 12.0 Å². The zero-order valence-corrected chi connectivity index (χ0v) is 14.2. The molecule has 2 atom stereocenters. The molecule has 3 aromatic rings. The number of benzene rings is 3. The van der Waals surface area contributed by atoms with Gasteiger partial charge in [-0.2, -0.15) is 0 Å². The first-order valence-corrected chi connectivity index (χ1v) is 8.65. The summed E-state index contributed by atoms with van der Waals surface area (Å²) < 4.78 is 13.5. The number of nitrogens with one attached hydrogen (secondary N) is 1. The van der Waals surface area contributed by atoms with Crippen LogP contribution in [0.15, 0.2) is 72.8 Å². The van der Waals surface area contributed by atoms with Gasteiger partial charge in [0.05, 0.1) is 16.7 Å². The van der Waals surface area contributed by atoms with Crippen LogP contribution in [-0.2, 0) is 5.41 Å². The molecule has 5 rings (SSSR count). The quantitative estimate of drug-likeness (QED) is 0.703. The minimum atomic E-state index is -0.493. The van der Waals surface area contributed by atoms with Crippen LogP contribution >= 0.6 is 0 Å². The summed E-state index contributed by atoms with van der Waals surface area (Å²) in [7, 11) is 0. The van der Waals surface area contributed by atoms with Gasteiger partial charge in [-0.15, -0.1) is 0 Å². The van der Waals surface area contributed by atoms with Crippen LogP contribution in [0.4, 0.5) is 15.8 Å². The van der Waals surface area contributed by atoms with Crippen LogP contribution in [0.25, 0.3) is 0 Å². The summed E-state index contributed by atoms with van der Waals surface area (Å²) in [5.41, 5.74) is 3.94. The molecule has 1 amide bonds. The van der Waals surface area contributed by atoms with E-state index in [9.17, 15) is 9.18 Å². The number of carbonyl (C=O) groups is 1. The monoisotopic (exact) mass is 344 g/mol. The number of carbonyl (C=O) groups excluding carboxylic acids is 1. The Morgan fingerprint density at radius 2 is 1.65 bits per heavy atom. The lowest BCUT2D eigenvalue weighted by Crippen LogP contribution is -2.54. The summed E-state index contributed by atoms with van der Waals surface area (Å²) in [4.78, 5) is 15.1. The summed E-state index contributed by atoms with van der Waals surface area (Å²) in [6, 6.07) is 22.1. The van der Waals surface area contributed by atoms with E-state index in [2.05, 4.69) is 18.3 Å². The van der Waals surface area contributed by atoms with E-state index in [0.717, 1.165) is 22.5 Å². The fourth-order valence-corrected chi connectivity index (χ4v) is 4.29. The second kappa shape index (κ2) is 5.18. The van der Waals surface area contributed by atoms with Crippen LogP contribution in [0.2, 0.25) is 0 Å². The summed E-state index contributed by atoms with van der Waals surface area (Å²) in [6.07, 6.45) is -0.271. The number of hydrogen-bond acceptors (Lipinski definition) is 2. The molecule has 26 heavy (non-hydrogen) atoms. The lowest BCUT2D eigenvalue weighted by Gasteiger charge is -2.40. The van der Waals surface area contributed by atoms with Crippen molar-refractivity contribution < 1.29 is 9.18 Å². The van der Waals surface area contributed by atoms with E-state index in [0.29, 0.717) is 5.56 Å². The van der Waals surface area contributed by atoms with E-state index < -0.39 is 5.41 Å². The molecule has 2 heterocycles. The fraction of sp³-hybridized carbons (Fsp3) is 0.136. The van der Waals surface area contributed by atoms with Gasteiger partial charge in [0.15, 0.2) is 0 Å². The average molecular weight is 344 g/mol. The number of para-hydroxylation sites is 2. The first-order valence-electron chi connectivity index (χ1n) is 8.65. The van der Waals surface area contributed by atoms with E-state index >= 15 is 0 Å². The van der Waals surface area contributed by atoms with Crippen molar-refractivity contribution in [3.8, 4) is 0 Å². The third-order valence-electron chi connectivity index (χ3n) is 5.64. The molecular formula is C22H17FN2O. The maximum Gasteiger partial charge on any atom is 0.262 e. The molecule has 0 saturated heterocycles. The van der Waals surface area contributed by atoms with Gasteiger partial charge in [-0.1, -0.05) is 42.5 Å². The Kier molecular flexibility index (Phi) is 3.02. The second-order valence-corrected chi connectivity index (χ2v) is 6.99. The van der Waals surface area contributed by atoms with Crippen molar-refractivity contribution in [3.63, 3.8) is 0 Å². The molecule has 0 fully saturated rings. The third-order valence-corrected chi connectivity index (χ3v) is 5.64. The van der Waals surface area contributed by atoms with E-state index in [-0.39, 0.29) is 17.9 Å². The number of amides is 1. The van der Waals surface area contributed by atoms with Crippen molar-refractivity contribution >= 4 is 17.3 Å². The molecule has 0 saturated carbocycles. The SMILES string of the molecule is CC1(c2ccc(F)cc2)c2ccccc2N2C(=O)c3ccccc3NC21. The molecule has 2 unspecified atom stereocenters. The van der Waals surface area contributed by atoms with Crippen molar-refractivity contribution in [3.05, 3.63) is 95.3 Å². The largest absolute Gasteiger partial charge is 0.363 e. The Morgan fingerprint density at radius 1 is 0.962 bits per heavy atom. The third kappa shape index (κ3) is 1.84. The highest BCUT2D eigenvalue weighted by Crippen LogP contribution is 2.51. The second-order valence-electron chi connectivity index (χ2n) is 6.99. The molecule has 0 bridgehead atoms. The predicted octanol–water partition coefficient (Wildman–Crippen LogP) is 4.54. The van der Waals surface area contributed by atoms with E-state index in [1.165, 1.54) is 12.1 Å². The average Bonchev–Trinajstić information content (AvgIpc) is 2.93. The molecular weight excluding hydrogens is 327 g/mol. The number of fused-ring (bicyclic) bond motifs is 4. The molecule has 0 aliphatic carbocycles. The highest BCUT2D eigenvalue weighted by atomic mass is 19.1. The summed E-state index contributed by atoms with van der Waals surface area (Å²) in [6.45, 7) is 2.11. The molecule has 0 radical (unpaired) electrons. The van der Waals surface area contributed by atoms with Crippen molar-refractivity contribution in [2.75, 3.05) is 10.2 Å². The Hall–Kier alpha value is -3.14. The smallest absolute Gasteiger partial charge is 0.262 e.